The van der Waals surface area contributed by atoms with Gasteiger partial charge in [-0.3, -0.25) is 14.4 Å². The zero-order chi connectivity index (χ0) is 26.2. The molecule has 1 atom stereocenters. The number of carboxylic acid groups (broad SMARTS) is 1. The van der Waals surface area contributed by atoms with Gasteiger partial charge in [-0.15, -0.1) is 0 Å². The lowest BCUT2D eigenvalue weighted by atomic mass is 10.1. The number of carbonyl (C=O) groups excluding carboxylic acids is 1. The zero-order valence-corrected chi connectivity index (χ0v) is 19.7. The highest BCUT2D eigenvalue weighted by molar-refractivity contribution is 7.92. The normalized spacial score (nSPS) is 16.2. The average Bonchev–Trinajstić information content (AvgIpc) is 2.71. The predicted octanol–water partition coefficient (Wildman–Crippen LogP) is 4.48. The molecule has 0 radical (unpaired) electrons. The summed E-state index contributed by atoms with van der Waals surface area (Å²) in [4.78, 5) is 22.7. The summed E-state index contributed by atoms with van der Waals surface area (Å²) in [6.07, 6.45) is -7.24. The van der Waals surface area contributed by atoms with E-state index in [0.717, 1.165) is 22.5 Å². The van der Waals surface area contributed by atoms with Crippen LogP contribution < -0.4 is 14.4 Å². The van der Waals surface area contributed by atoms with Gasteiger partial charge in [0.15, 0.2) is 0 Å². The molecule has 13 heteroatoms. The number of hydrogen-bond acceptors (Lipinski definition) is 6. The van der Waals surface area contributed by atoms with E-state index >= 15 is 0 Å². The number of sulfonamides is 1. The minimum atomic E-state index is -4.77. The number of hydrogen-bond donors (Lipinski definition) is 2. The number of carbonyl (C=O) groups is 2. The van der Waals surface area contributed by atoms with Gasteiger partial charge in [-0.05, 0) is 57.2 Å². The summed E-state index contributed by atoms with van der Waals surface area (Å²) < 4.78 is 78.0. The van der Waals surface area contributed by atoms with Gasteiger partial charge in [-0.1, -0.05) is 6.07 Å². The summed E-state index contributed by atoms with van der Waals surface area (Å²) in [6, 6.07) is 7.18. The Morgan fingerprint density at radius 1 is 1.17 bits per heavy atom. The third-order valence-corrected chi connectivity index (χ3v) is 6.46. The van der Waals surface area contributed by atoms with Gasteiger partial charge in [0, 0.05) is 5.69 Å². The SMILES string of the molecule is CC(C)(C)OC(=O)Nc1ccc2c(c1)N(S(=O)(=O)c1cccc(C(F)(F)F)c1)CC(CC(=O)O)O2. The first-order chi connectivity index (χ1) is 16.1. The molecule has 0 spiro atoms. The van der Waals surface area contributed by atoms with Crippen molar-refractivity contribution < 1.29 is 45.8 Å². The Balaban J connectivity index is 2.04. The molecule has 3 rings (SSSR count). The van der Waals surface area contributed by atoms with E-state index in [1.165, 1.54) is 18.2 Å². The van der Waals surface area contributed by atoms with Gasteiger partial charge in [0.05, 0.1) is 29.1 Å². The lowest BCUT2D eigenvalue weighted by Crippen LogP contribution is -2.44. The van der Waals surface area contributed by atoms with Gasteiger partial charge < -0.3 is 14.6 Å². The van der Waals surface area contributed by atoms with Crippen LogP contribution in [0.2, 0.25) is 0 Å². The van der Waals surface area contributed by atoms with Crippen LogP contribution in [0.1, 0.15) is 32.8 Å². The van der Waals surface area contributed by atoms with Crippen LogP contribution in [0.4, 0.5) is 29.3 Å². The highest BCUT2D eigenvalue weighted by Gasteiger charge is 2.37. The lowest BCUT2D eigenvalue weighted by Gasteiger charge is -2.35. The predicted molar refractivity (Wildman–Crippen MR) is 119 cm³/mol. The fourth-order valence-corrected chi connectivity index (χ4v) is 4.85. The fourth-order valence-electron chi connectivity index (χ4n) is 3.30. The van der Waals surface area contributed by atoms with Crippen molar-refractivity contribution in [1.29, 1.82) is 0 Å². The molecule has 0 fully saturated rings. The summed E-state index contributed by atoms with van der Waals surface area (Å²) in [7, 11) is -4.58. The Morgan fingerprint density at radius 2 is 1.86 bits per heavy atom. The highest BCUT2D eigenvalue weighted by atomic mass is 32.2. The fraction of sp³-hybridized carbons (Fsp3) is 0.364. The molecule has 1 aliphatic rings. The van der Waals surface area contributed by atoms with E-state index in [4.69, 9.17) is 14.6 Å². The first-order valence-electron chi connectivity index (χ1n) is 10.3. The molecule has 2 N–H and O–H groups in total. The first-order valence-corrected chi connectivity index (χ1v) is 11.7. The van der Waals surface area contributed by atoms with E-state index in [-0.39, 0.29) is 17.1 Å². The maximum atomic E-state index is 13.4. The summed E-state index contributed by atoms with van der Waals surface area (Å²) in [5.41, 5.74) is -1.92. The van der Waals surface area contributed by atoms with E-state index in [1.807, 2.05) is 0 Å². The molecule has 1 heterocycles. The van der Waals surface area contributed by atoms with Crippen molar-refractivity contribution in [3.63, 3.8) is 0 Å². The summed E-state index contributed by atoms with van der Waals surface area (Å²) in [6.45, 7) is 4.48. The van der Waals surface area contributed by atoms with Crippen LogP contribution in [-0.4, -0.2) is 43.8 Å². The molecule has 9 nitrogen and oxygen atoms in total. The van der Waals surface area contributed by atoms with Crippen molar-refractivity contribution in [1.82, 2.24) is 0 Å². The van der Waals surface area contributed by atoms with Gasteiger partial charge in [0.2, 0.25) is 0 Å². The number of carboxylic acids is 1. The first kappa shape index (κ1) is 26.1. The highest BCUT2D eigenvalue weighted by Crippen LogP contribution is 2.40. The second kappa shape index (κ2) is 9.29. The van der Waals surface area contributed by atoms with Crippen molar-refractivity contribution in [3.05, 3.63) is 48.0 Å². The van der Waals surface area contributed by atoms with Crippen LogP contribution in [0, 0.1) is 0 Å². The molecular weight excluding hydrogens is 493 g/mol. The molecule has 0 saturated carbocycles. The molecule has 35 heavy (non-hydrogen) atoms. The molecule has 2 aromatic rings. The number of anilines is 2. The monoisotopic (exact) mass is 516 g/mol. The van der Waals surface area contributed by atoms with Gasteiger partial charge >= 0.3 is 18.2 Å². The number of alkyl halides is 3. The molecule has 1 amide bonds. The third kappa shape index (κ3) is 6.35. The van der Waals surface area contributed by atoms with E-state index in [1.54, 1.807) is 20.8 Å². The summed E-state index contributed by atoms with van der Waals surface area (Å²) in [5, 5.41) is 11.6. The number of halogens is 3. The van der Waals surface area contributed by atoms with Crippen molar-refractivity contribution in [2.45, 2.75) is 50.0 Å². The Morgan fingerprint density at radius 3 is 2.46 bits per heavy atom. The maximum Gasteiger partial charge on any atom is 0.416 e. The lowest BCUT2D eigenvalue weighted by molar-refractivity contribution is -0.139. The van der Waals surface area contributed by atoms with Crippen LogP contribution >= 0.6 is 0 Å². The molecule has 0 bridgehead atoms. The molecule has 0 aliphatic carbocycles. The standard InChI is InChI=1S/C22H23F3N2O7S/c1-21(2,3)34-20(30)26-14-7-8-18-17(10-14)27(12-15(33-18)11-19(28)29)35(31,32)16-6-4-5-13(9-16)22(23,24)25/h4-10,15H,11-12H2,1-3H3,(H,26,30)(H,28,29). The minimum absolute atomic E-state index is 0.0206. The number of nitrogens with zero attached hydrogens (tertiary/aromatic N) is 1. The Bertz CT molecular complexity index is 1240. The van der Waals surface area contributed by atoms with Crippen molar-refractivity contribution in [2.75, 3.05) is 16.2 Å². The number of amides is 1. The molecule has 1 aliphatic heterocycles. The third-order valence-electron chi connectivity index (χ3n) is 4.69. The van der Waals surface area contributed by atoms with Gasteiger partial charge in [-0.25, -0.2) is 13.2 Å². The second-order valence-electron chi connectivity index (χ2n) is 8.71. The molecule has 2 aromatic carbocycles. The number of aliphatic carboxylic acids is 1. The Hall–Kier alpha value is -3.48. The Labute approximate surface area is 199 Å². The summed E-state index contributed by atoms with van der Waals surface area (Å²) in [5.74, 6) is -1.27. The van der Waals surface area contributed by atoms with Crippen molar-refractivity contribution >= 4 is 33.5 Å². The minimum Gasteiger partial charge on any atom is -0.486 e. The van der Waals surface area contributed by atoms with E-state index in [9.17, 15) is 31.2 Å². The van der Waals surface area contributed by atoms with Gasteiger partial charge in [0.1, 0.15) is 17.5 Å². The molecule has 1 unspecified atom stereocenters. The van der Waals surface area contributed by atoms with E-state index < -0.39 is 63.4 Å². The van der Waals surface area contributed by atoms with Crippen LogP contribution in [-0.2, 0) is 25.7 Å². The number of rotatable bonds is 5. The van der Waals surface area contributed by atoms with Crippen LogP contribution in [0.25, 0.3) is 0 Å². The molecule has 0 aromatic heterocycles. The quantitative estimate of drug-likeness (QED) is 0.601. The van der Waals surface area contributed by atoms with Crippen LogP contribution in [0.3, 0.4) is 0 Å². The number of nitrogens with one attached hydrogen (secondary N) is 1. The van der Waals surface area contributed by atoms with E-state index in [0.29, 0.717) is 6.07 Å². The van der Waals surface area contributed by atoms with Gasteiger partial charge in [-0.2, -0.15) is 13.2 Å². The second-order valence-corrected chi connectivity index (χ2v) is 10.6. The number of fused-ring (bicyclic) bond motifs is 1. The number of benzene rings is 2. The molecule has 190 valence electrons. The van der Waals surface area contributed by atoms with E-state index in [2.05, 4.69) is 5.32 Å². The topological polar surface area (TPSA) is 122 Å². The maximum absolute atomic E-state index is 13.4. The van der Waals surface area contributed by atoms with Crippen molar-refractivity contribution in [2.24, 2.45) is 0 Å². The largest absolute Gasteiger partial charge is 0.486 e. The molecule has 0 saturated heterocycles. The Kier molecular flexibility index (Phi) is 6.93. The van der Waals surface area contributed by atoms with Crippen molar-refractivity contribution in [3.8, 4) is 5.75 Å². The smallest absolute Gasteiger partial charge is 0.416 e. The number of ether oxygens (including phenoxy) is 2. The van der Waals surface area contributed by atoms with Crippen LogP contribution in [0.15, 0.2) is 47.4 Å². The van der Waals surface area contributed by atoms with Gasteiger partial charge in [0.25, 0.3) is 10.0 Å². The van der Waals surface area contributed by atoms with Crippen LogP contribution in [0.5, 0.6) is 5.75 Å². The summed E-state index contributed by atoms with van der Waals surface area (Å²) >= 11 is 0. The average molecular weight is 516 g/mol. The molecular formula is C22H23F3N2O7S. The zero-order valence-electron chi connectivity index (χ0n) is 18.9.